The topological polar surface area (TPSA) is 52.6 Å². The van der Waals surface area contributed by atoms with Crippen LogP contribution in [0.3, 0.4) is 0 Å². The van der Waals surface area contributed by atoms with Crippen LogP contribution in [0.15, 0.2) is 35.9 Å². The van der Waals surface area contributed by atoms with E-state index in [1.165, 1.54) is 0 Å². The molecule has 4 heteroatoms. The number of carbonyl (C=O) groups is 1. The van der Waals surface area contributed by atoms with Crippen molar-refractivity contribution in [1.82, 2.24) is 10.2 Å². The summed E-state index contributed by atoms with van der Waals surface area (Å²) in [6, 6.07) is 0. The summed E-state index contributed by atoms with van der Waals surface area (Å²) in [5.41, 5.74) is 0.345. The molecule has 4 nitrogen and oxygen atoms in total. The first-order chi connectivity index (χ1) is 5.77. The van der Waals surface area contributed by atoms with Crippen molar-refractivity contribution in [2.45, 2.75) is 0 Å². The highest BCUT2D eigenvalue weighted by atomic mass is 16.4. The van der Waals surface area contributed by atoms with E-state index in [0.29, 0.717) is 12.1 Å². The van der Waals surface area contributed by atoms with E-state index in [2.05, 4.69) is 5.32 Å². The Labute approximate surface area is 69.5 Å². The molecule has 2 N–H and O–H groups in total. The van der Waals surface area contributed by atoms with Gasteiger partial charge in [-0.15, -0.1) is 0 Å². The second-order valence-corrected chi connectivity index (χ2v) is 2.61. The molecule has 0 fully saturated rings. The minimum atomic E-state index is -0.879. The molecule has 0 aromatic heterocycles. The Bertz CT molecular complexity index is 315. The van der Waals surface area contributed by atoms with Gasteiger partial charge in [-0.3, -0.25) is 0 Å². The van der Waals surface area contributed by atoms with Gasteiger partial charge in [-0.1, -0.05) is 6.08 Å². The SMILES string of the molecule is O=C(O)C1=CCN2C=CNC2=C1. The van der Waals surface area contributed by atoms with E-state index in [1.54, 1.807) is 18.4 Å². The lowest BCUT2D eigenvalue weighted by molar-refractivity contribution is -0.132. The first-order valence-corrected chi connectivity index (χ1v) is 3.62. The van der Waals surface area contributed by atoms with Gasteiger partial charge in [0.15, 0.2) is 0 Å². The molecule has 2 aliphatic rings. The van der Waals surface area contributed by atoms with E-state index in [9.17, 15) is 4.79 Å². The van der Waals surface area contributed by atoms with Crippen molar-refractivity contribution < 1.29 is 9.90 Å². The summed E-state index contributed by atoms with van der Waals surface area (Å²) >= 11 is 0. The fourth-order valence-corrected chi connectivity index (χ4v) is 1.21. The van der Waals surface area contributed by atoms with Gasteiger partial charge in [-0.2, -0.15) is 0 Å². The van der Waals surface area contributed by atoms with Crippen LogP contribution in [0.5, 0.6) is 0 Å². The highest BCUT2D eigenvalue weighted by Crippen LogP contribution is 2.16. The molecule has 0 amide bonds. The Morgan fingerprint density at radius 3 is 3.25 bits per heavy atom. The van der Waals surface area contributed by atoms with Gasteiger partial charge >= 0.3 is 5.97 Å². The number of nitrogens with zero attached hydrogens (tertiary/aromatic N) is 1. The predicted molar refractivity (Wildman–Crippen MR) is 42.8 cm³/mol. The van der Waals surface area contributed by atoms with Gasteiger partial charge in [0.05, 0.1) is 5.57 Å². The van der Waals surface area contributed by atoms with Crippen LogP contribution in [0.25, 0.3) is 0 Å². The lowest BCUT2D eigenvalue weighted by Gasteiger charge is -2.19. The molecular formula is C8H8N2O2. The molecule has 2 heterocycles. The first kappa shape index (κ1) is 6.97. The molecule has 0 aliphatic carbocycles. The van der Waals surface area contributed by atoms with Crippen LogP contribution in [0.4, 0.5) is 0 Å². The Hall–Kier alpha value is -1.71. The second kappa shape index (κ2) is 2.41. The van der Waals surface area contributed by atoms with E-state index >= 15 is 0 Å². The first-order valence-electron chi connectivity index (χ1n) is 3.62. The lowest BCUT2D eigenvalue weighted by atomic mass is 10.2. The predicted octanol–water partition coefficient (Wildman–Crippen LogP) is 0.229. The summed E-state index contributed by atoms with van der Waals surface area (Å²) in [6.45, 7) is 0.622. The zero-order valence-electron chi connectivity index (χ0n) is 6.32. The third-order valence-corrected chi connectivity index (χ3v) is 1.84. The molecule has 0 aromatic carbocycles. The van der Waals surface area contributed by atoms with Gasteiger partial charge in [0.25, 0.3) is 0 Å². The smallest absolute Gasteiger partial charge is 0.335 e. The number of hydrogen-bond donors (Lipinski definition) is 2. The van der Waals surface area contributed by atoms with Crippen molar-refractivity contribution in [3.63, 3.8) is 0 Å². The number of rotatable bonds is 1. The van der Waals surface area contributed by atoms with Gasteiger partial charge < -0.3 is 15.3 Å². The summed E-state index contributed by atoms with van der Waals surface area (Å²) in [6.07, 6.45) is 6.96. The van der Waals surface area contributed by atoms with Crippen molar-refractivity contribution in [3.8, 4) is 0 Å². The maximum Gasteiger partial charge on any atom is 0.335 e. The van der Waals surface area contributed by atoms with E-state index in [0.717, 1.165) is 5.82 Å². The summed E-state index contributed by atoms with van der Waals surface area (Å²) in [7, 11) is 0. The molecule has 2 rings (SSSR count). The molecule has 0 bridgehead atoms. The van der Waals surface area contributed by atoms with E-state index < -0.39 is 5.97 Å². The minimum absolute atomic E-state index is 0.345. The second-order valence-electron chi connectivity index (χ2n) is 2.61. The minimum Gasteiger partial charge on any atom is -0.478 e. The molecule has 0 aromatic rings. The third-order valence-electron chi connectivity index (χ3n) is 1.84. The van der Waals surface area contributed by atoms with Gasteiger partial charge in [-0.05, 0) is 6.08 Å². The van der Waals surface area contributed by atoms with Gasteiger partial charge in [0.1, 0.15) is 5.82 Å². The van der Waals surface area contributed by atoms with Crippen LogP contribution in [-0.2, 0) is 4.79 Å². The van der Waals surface area contributed by atoms with Crippen LogP contribution in [0.1, 0.15) is 0 Å². The average molecular weight is 164 g/mol. The maximum atomic E-state index is 10.6. The van der Waals surface area contributed by atoms with Crippen LogP contribution in [-0.4, -0.2) is 22.5 Å². The molecule has 0 saturated heterocycles. The number of carboxylic acids is 1. The van der Waals surface area contributed by atoms with Crippen molar-refractivity contribution in [2.24, 2.45) is 0 Å². The van der Waals surface area contributed by atoms with E-state index in [-0.39, 0.29) is 0 Å². The fraction of sp³-hybridized carbons (Fsp3) is 0.125. The molecule has 0 spiro atoms. The third kappa shape index (κ3) is 0.972. The highest BCUT2D eigenvalue weighted by Gasteiger charge is 2.17. The monoisotopic (exact) mass is 164 g/mol. The molecule has 2 aliphatic heterocycles. The number of hydrogen-bond acceptors (Lipinski definition) is 3. The zero-order valence-corrected chi connectivity index (χ0v) is 6.32. The zero-order chi connectivity index (χ0) is 8.55. The molecule has 0 unspecified atom stereocenters. The fourth-order valence-electron chi connectivity index (χ4n) is 1.21. The summed E-state index contributed by atoms with van der Waals surface area (Å²) < 4.78 is 0. The Morgan fingerprint density at radius 1 is 1.67 bits per heavy atom. The van der Waals surface area contributed by atoms with Crippen molar-refractivity contribution in [2.75, 3.05) is 6.54 Å². The average Bonchev–Trinajstić information content (AvgIpc) is 2.49. The molecule has 12 heavy (non-hydrogen) atoms. The van der Waals surface area contributed by atoms with Crippen LogP contribution in [0.2, 0.25) is 0 Å². The van der Waals surface area contributed by atoms with Crippen LogP contribution < -0.4 is 5.32 Å². The quantitative estimate of drug-likeness (QED) is 0.582. The largest absolute Gasteiger partial charge is 0.478 e. The molecule has 0 radical (unpaired) electrons. The number of nitrogens with one attached hydrogen (secondary N) is 1. The molecular weight excluding hydrogens is 156 g/mol. The molecule has 0 saturated carbocycles. The Morgan fingerprint density at radius 2 is 2.50 bits per heavy atom. The van der Waals surface area contributed by atoms with Crippen LogP contribution in [0, 0.1) is 0 Å². The normalized spacial score (nSPS) is 19.5. The van der Waals surface area contributed by atoms with Crippen LogP contribution >= 0.6 is 0 Å². The Kier molecular flexibility index (Phi) is 1.40. The molecule has 62 valence electrons. The highest BCUT2D eigenvalue weighted by molar-refractivity contribution is 5.90. The van der Waals surface area contributed by atoms with Gasteiger partial charge in [0, 0.05) is 18.9 Å². The van der Waals surface area contributed by atoms with Crippen molar-refractivity contribution in [1.29, 1.82) is 0 Å². The number of aliphatic carboxylic acids is 1. The van der Waals surface area contributed by atoms with Crippen molar-refractivity contribution in [3.05, 3.63) is 35.9 Å². The lowest BCUT2D eigenvalue weighted by Crippen LogP contribution is -2.23. The standard InChI is InChI=1S/C8H8N2O2/c11-8(12)6-1-3-10-4-2-9-7(10)5-6/h1-2,4-5,9H,3H2,(H,11,12). The Balaban J connectivity index is 2.25. The van der Waals surface area contributed by atoms with Gasteiger partial charge in [-0.25, -0.2) is 4.79 Å². The number of fused-ring (bicyclic) bond motifs is 1. The van der Waals surface area contributed by atoms with Gasteiger partial charge in [0.2, 0.25) is 0 Å². The summed E-state index contributed by atoms with van der Waals surface area (Å²) in [4.78, 5) is 12.5. The van der Waals surface area contributed by atoms with E-state index in [4.69, 9.17) is 5.11 Å². The number of carboxylic acid groups (broad SMARTS) is 1. The molecule has 0 atom stereocenters. The summed E-state index contributed by atoms with van der Waals surface area (Å²) in [5.74, 6) is -0.0502. The summed E-state index contributed by atoms with van der Waals surface area (Å²) in [5, 5.41) is 11.6. The maximum absolute atomic E-state index is 10.6. The van der Waals surface area contributed by atoms with E-state index in [1.807, 2.05) is 11.1 Å². The van der Waals surface area contributed by atoms with Crippen molar-refractivity contribution >= 4 is 5.97 Å².